The third-order valence-electron chi connectivity index (χ3n) is 2.91. The molecule has 0 aliphatic carbocycles. The Morgan fingerprint density at radius 3 is 2.43 bits per heavy atom. The molecule has 0 saturated carbocycles. The van der Waals surface area contributed by atoms with Crippen LogP contribution in [0, 0.1) is 5.82 Å². The van der Waals surface area contributed by atoms with Crippen molar-refractivity contribution in [3.8, 4) is 0 Å². The largest absolute Gasteiger partial charge is 0.308 e. The molecule has 0 aliphatic heterocycles. The van der Waals surface area contributed by atoms with E-state index in [1.807, 2.05) is 0 Å². The Morgan fingerprint density at radius 1 is 1.24 bits per heavy atom. The lowest BCUT2D eigenvalue weighted by Crippen LogP contribution is -2.26. The number of nitrogen functional groups attached to an aromatic ring is 1. The average molecular weight is 310 g/mol. The monoisotopic (exact) mass is 310 g/mol. The van der Waals surface area contributed by atoms with Gasteiger partial charge in [0.05, 0.1) is 0 Å². The fraction of sp³-hybridized carbons (Fsp3) is 0.154. The highest BCUT2D eigenvalue weighted by atomic mass is 32.2. The normalized spacial score (nSPS) is 11.6. The number of hydrazine groups is 1. The van der Waals surface area contributed by atoms with Gasteiger partial charge in [-0.1, -0.05) is 12.1 Å². The molecule has 1 heterocycles. The molecule has 0 radical (unpaired) electrons. The Morgan fingerprint density at radius 2 is 1.90 bits per heavy atom. The summed E-state index contributed by atoms with van der Waals surface area (Å²) in [4.78, 5) is 3.93. The molecule has 0 fully saturated rings. The van der Waals surface area contributed by atoms with Crippen molar-refractivity contribution in [3.63, 3.8) is 0 Å². The summed E-state index contributed by atoms with van der Waals surface area (Å²) >= 11 is 0. The molecular weight excluding hydrogens is 295 g/mol. The van der Waals surface area contributed by atoms with E-state index in [0.29, 0.717) is 11.4 Å². The predicted octanol–water partition coefficient (Wildman–Crippen LogP) is 1.33. The van der Waals surface area contributed by atoms with Gasteiger partial charge in [-0.05, 0) is 29.8 Å². The summed E-state index contributed by atoms with van der Waals surface area (Å²) in [7, 11) is -2.21. The third-order valence-corrected chi connectivity index (χ3v) is 4.70. The van der Waals surface area contributed by atoms with Gasteiger partial charge in [0.15, 0.2) is 0 Å². The molecule has 0 atom stereocenters. The number of hydrogen-bond donors (Lipinski definition) is 2. The molecule has 21 heavy (non-hydrogen) atoms. The minimum atomic E-state index is -3.66. The number of benzene rings is 1. The first kappa shape index (κ1) is 15.4. The maximum Gasteiger partial charge on any atom is 0.244 e. The van der Waals surface area contributed by atoms with Gasteiger partial charge in [0.25, 0.3) is 0 Å². The van der Waals surface area contributed by atoms with E-state index in [0.717, 1.165) is 0 Å². The van der Waals surface area contributed by atoms with Gasteiger partial charge in [0, 0.05) is 19.8 Å². The van der Waals surface area contributed by atoms with E-state index in [-0.39, 0.29) is 17.3 Å². The lowest BCUT2D eigenvalue weighted by Gasteiger charge is -2.17. The predicted molar refractivity (Wildman–Crippen MR) is 77.1 cm³/mol. The average Bonchev–Trinajstić information content (AvgIpc) is 2.49. The van der Waals surface area contributed by atoms with E-state index < -0.39 is 10.0 Å². The second kappa shape index (κ2) is 6.17. The second-order valence-corrected chi connectivity index (χ2v) is 6.46. The maximum atomic E-state index is 12.8. The molecule has 3 N–H and O–H groups in total. The molecule has 2 rings (SSSR count). The van der Waals surface area contributed by atoms with Gasteiger partial charge in [-0.2, -0.15) is 4.31 Å². The van der Waals surface area contributed by atoms with Crippen LogP contribution in [0.3, 0.4) is 0 Å². The Kier molecular flexibility index (Phi) is 4.51. The first-order valence-corrected chi connectivity index (χ1v) is 7.51. The number of rotatable bonds is 5. The van der Waals surface area contributed by atoms with Crippen LogP contribution < -0.4 is 11.3 Å². The zero-order chi connectivity index (χ0) is 15.5. The molecule has 1 aromatic carbocycles. The van der Waals surface area contributed by atoms with Crippen molar-refractivity contribution in [1.82, 2.24) is 9.29 Å². The van der Waals surface area contributed by atoms with Crippen molar-refractivity contribution in [1.29, 1.82) is 0 Å². The molecule has 0 spiro atoms. The molecule has 0 unspecified atom stereocenters. The van der Waals surface area contributed by atoms with Crippen LogP contribution in [0.25, 0.3) is 0 Å². The maximum absolute atomic E-state index is 12.8. The van der Waals surface area contributed by atoms with Gasteiger partial charge in [-0.15, -0.1) is 0 Å². The summed E-state index contributed by atoms with van der Waals surface area (Å²) in [5, 5.41) is 0. The van der Waals surface area contributed by atoms with Crippen molar-refractivity contribution in [2.24, 2.45) is 5.84 Å². The summed E-state index contributed by atoms with van der Waals surface area (Å²) in [5.41, 5.74) is 3.02. The summed E-state index contributed by atoms with van der Waals surface area (Å²) in [5.74, 6) is 5.19. The van der Waals surface area contributed by atoms with Crippen LogP contribution in [0.15, 0.2) is 47.5 Å². The number of nitrogens with two attached hydrogens (primary N) is 1. The van der Waals surface area contributed by atoms with Crippen LogP contribution >= 0.6 is 0 Å². The minimum absolute atomic E-state index is 0.0612. The van der Waals surface area contributed by atoms with Gasteiger partial charge < -0.3 is 5.43 Å². The van der Waals surface area contributed by atoms with Gasteiger partial charge in [0.1, 0.15) is 16.5 Å². The molecule has 0 aliphatic rings. The number of aromatic nitrogens is 1. The smallest absolute Gasteiger partial charge is 0.244 e. The number of pyridine rings is 1. The highest BCUT2D eigenvalue weighted by molar-refractivity contribution is 7.89. The first-order chi connectivity index (χ1) is 9.93. The van der Waals surface area contributed by atoms with Gasteiger partial charge in [-0.3, -0.25) is 0 Å². The fourth-order valence-electron chi connectivity index (χ4n) is 1.73. The molecule has 2 aromatic rings. The fourth-order valence-corrected chi connectivity index (χ4v) is 2.83. The molecule has 112 valence electrons. The third kappa shape index (κ3) is 3.54. The van der Waals surface area contributed by atoms with Crippen LogP contribution in [0.4, 0.5) is 10.2 Å². The van der Waals surface area contributed by atoms with Crippen molar-refractivity contribution >= 4 is 15.8 Å². The zero-order valence-corrected chi connectivity index (χ0v) is 12.1. The SMILES string of the molecule is CN(Cc1ccc(F)cc1)S(=O)(=O)c1ccc(NN)nc1. The van der Waals surface area contributed by atoms with Crippen LogP contribution in [0.1, 0.15) is 5.56 Å². The van der Waals surface area contributed by atoms with E-state index in [1.165, 1.54) is 41.8 Å². The number of anilines is 1. The number of halogens is 1. The first-order valence-electron chi connectivity index (χ1n) is 6.07. The number of sulfonamides is 1. The molecule has 0 amide bonds. The van der Waals surface area contributed by atoms with E-state index >= 15 is 0 Å². The second-order valence-electron chi connectivity index (χ2n) is 4.41. The Labute approximate surface area is 122 Å². The number of hydrogen-bond acceptors (Lipinski definition) is 5. The van der Waals surface area contributed by atoms with Crippen LogP contribution in [0.2, 0.25) is 0 Å². The summed E-state index contributed by atoms with van der Waals surface area (Å²) < 4.78 is 38.7. The van der Waals surface area contributed by atoms with Gasteiger partial charge >= 0.3 is 0 Å². The highest BCUT2D eigenvalue weighted by Crippen LogP contribution is 2.17. The number of nitrogens with zero attached hydrogens (tertiary/aromatic N) is 2. The summed E-state index contributed by atoms with van der Waals surface area (Å²) in [6, 6.07) is 8.55. The van der Waals surface area contributed by atoms with Crippen LogP contribution in [-0.2, 0) is 16.6 Å². The number of nitrogens with one attached hydrogen (secondary N) is 1. The van der Waals surface area contributed by atoms with Crippen LogP contribution in [-0.4, -0.2) is 24.8 Å². The van der Waals surface area contributed by atoms with Crippen LogP contribution in [0.5, 0.6) is 0 Å². The molecule has 0 bridgehead atoms. The van der Waals surface area contributed by atoms with Crippen molar-refractivity contribution in [2.75, 3.05) is 12.5 Å². The lowest BCUT2D eigenvalue weighted by molar-refractivity contribution is 0.466. The Balaban J connectivity index is 2.19. The van der Waals surface area contributed by atoms with Crippen molar-refractivity contribution in [3.05, 3.63) is 54.0 Å². The van der Waals surface area contributed by atoms with Crippen molar-refractivity contribution < 1.29 is 12.8 Å². The Bertz CT molecular complexity index is 702. The molecule has 0 saturated heterocycles. The standard InChI is InChI=1S/C13H15FN4O2S/c1-18(9-10-2-4-11(14)5-3-10)21(19,20)12-6-7-13(17-15)16-8-12/h2-8H,9,15H2,1H3,(H,16,17). The van der Waals surface area contributed by atoms with Gasteiger partial charge in [-0.25, -0.2) is 23.6 Å². The lowest BCUT2D eigenvalue weighted by atomic mass is 10.2. The molecular formula is C13H15FN4O2S. The van der Waals surface area contributed by atoms with Crippen molar-refractivity contribution in [2.45, 2.75) is 11.4 Å². The highest BCUT2D eigenvalue weighted by Gasteiger charge is 2.21. The summed E-state index contributed by atoms with van der Waals surface area (Å²) in [6.45, 7) is 0.138. The van der Waals surface area contributed by atoms with Gasteiger partial charge in [0.2, 0.25) is 10.0 Å². The Hall–Kier alpha value is -2.03. The zero-order valence-electron chi connectivity index (χ0n) is 11.3. The van der Waals surface area contributed by atoms with E-state index in [9.17, 15) is 12.8 Å². The van der Waals surface area contributed by atoms with E-state index in [2.05, 4.69) is 10.4 Å². The quantitative estimate of drug-likeness (QED) is 0.642. The molecule has 8 heteroatoms. The van der Waals surface area contributed by atoms with E-state index in [1.54, 1.807) is 12.1 Å². The molecule has 6 nitrogen and oxygen atoms in total. The topological polar surface area (TPSA) is 88.3 Å². The van der Waals surface area contributed by atoms with E-state index in [4.69, 9.17) is 5.84 Å². The summed E-state index contributed by atoms with van der Waals surface area (Å²) in [6.07, 6.45) is 1.23. The molecule has 1 aromatic heterocycles. The minimum Gasteiger partial charge on any atom is -0.308 e.